The first-order chi connectivity index (χ1) is 27.2. The molecule has 5 rings (SSSR count). The number of rotatable bonds is 19. The second-order valence-electron chi connectivity index (χ2n) is 12.0. The number of benzene rings is 5. The molecule has 0 saturated heterocycles. The highest BCUT2D eigenvalue weighted by Crippen LogP contribution is 2.35. The predicted octanol–water partition coefficient (Wildman–Crippen LogP) is 8.20. The summed E-state index contributed by atoms with van der Waals surface area (Å²) in [6.45, 7) is 6.60. The van der Waals surface area contributed by atoms with E-state index in [1.165, 1.54) is 0 Å². The number of esters is 4. The van der Waals surface area contributed by atoms with Gasteiger partial charge in [0, 0.05) is 34.1 Å². The first-order valence-corrected chi connectivity index (χ1v) is 17.5. The molecule has 288 valence electrons. The molecular formula is C44H38F2O10. The molecule has 0 saturated carbocycles. The van der Waals surface area contributed by atoms with Crippen LogP contribution in [0.1, 0.15) is 12.8 Å². The lowest BCUT2D eigenvalue weighted by Gasteiger charge is -2.12. The third-order valence-electron chi connectivity index (χ3n) is 8.28. The van der Waals surface area contributed by atoms with E-state index in [1.807, 2.05) is 24.3 Å². The van der Waals surface area contributed by atoms with Crippen molar-refractivity contribution in [3.63, 3.8) is 0 Å². The van der Waals surface area contributed by atoms with Gasteiger partial charge in [-0.05, 0) is 46.5 Å². The number of hydrogen-bond acceptors (Lipinski definition) is 10. The highest BCUT2D eigenvalue weighted by molar-refractivity contribution is 5.92. The molecule has 0 heterocycles. The summed E-state index contributed by atoms with van der Waals surface area (Å²) in [5.74, 6) is -2.31. The summed E-state index contributed by atoms with van der Waals surface area (Å²) in [6, 6.07) is 27.6. The van der Waals surface area contributed by atoms with E-state index < -0.39 is 35.5 Å². The van der Waals surface area contributed by atoms with Crippen molar-refractivity contribution in [2.75, 3.05) is 39.6 Å². The number of halogens is 2. The molecule has 0 aromatic heterocycles. The first-order valence-electron chi connectivity index (χ1n) is 17.5. The molecule has 5 aromatic carbocycles. The average molecular weight is 765 g/mol. The summed E-state index contributed by atoms with van der Waals surface area (Å²) < 4.78 is 62.5. The van der Waals surface area contributed by atoms with Gasteiger partial charge in [0.15, 0.2) is 0 Å². The molecule has 0 aliphatic rings. The highest BCUT2D eigenvalue weighted by atomic mass is 19.1. The topological polar surface area (TPSA) is 124 Å². The van der Waals surface area contributed by atoms with Crippen LogP contribution in [0.3, 0.4) is 0 Å². The number of fused-ring (bicyclic) bond motifs is 1. The van der Waals surface area contributed by atoms with Gasteiger partial charge in [0.2, 0.25) is 0 Å². The van der Waals surface area contributed by atoms with Crippen LogP contribution in [0.25, 0.3) is 44.2 Å². The molecule has 0 aliphatic heterocycles. The van der Waals surface area contributed by atoms with Gasteiger partial charge in [0.05, 0.1) is 12.8 Å². The molecule has 10 nitrogen and oxygen atoms in total. The first kappa shape index (κ1) is 40.4. The molecule has 0 amide bonds. The molecule has 12 heteroatoms. The van der Waals surface area contributed by atoms with Gasteiger partial charge < -0.3 is 28.4 Å². The fourth-order valence-electron chi connectivity index (χ4n) is 5.46. The molecule has 0 aliphatic carbocycles. The lowest BCUT2D eigenvalue weighted by molar-refractivity contribution is -0.149. The maximum absolute atomic E-state index is 15.9. The van der Waals surface area contributed by atoms with Crippen molar-refractivity contribution in [2.45, 2.75) is 12.8 Å². The van der Waals surface area contributed by atoms with Crippen molar-refractivity contribution in [1.29, 1.82) is 0 Å². The normalized spacial score (nSPS) is 10.6. The fourth-order valence-corrected chi connectivity index (χ4v) is 5.46. The number of carbonyl (C=O) groups is 4. The Morgan fingerprint density at radius 2 is 0.804 bits per heavy atom. The molecule has 0 radical (unpaired) electrons. The lowest BCUT2D eigenvalue weighted by Crippen LogP contribution is -2.14. The van der Waals surface area contributed by atoms with Gasteiger partial charge in [-0.2, -0.15) is 0 Å². The monoisotopic (exact) mass is 764 g/mol. The van der Waals surface area contributed by atoms with Crippen molar-refractivity contribution in [3.8, 4) is 44.9 Å². The number of carbonyl (C=O) groups excluding carboxylic acids is 4. The Balaban J connectivity index is 1.13. The maximum atomic E-state index is 15.9. The fraction of sp³-hybridized carbons (Fsp3) is 0.182. The van der Waals surface area contributed by atoms with E-state index in [4.69, 9.17) is 28.4 Å². The van der Waals surface area contributed by atoms with Crippen LogP contribution in [0, 0.1) is 11.6 Å². The van der Waals surface area contributed by atoms with Crippen molar-refractivity contribution in [1.82, 2.24) is 0 Å². The van der Waals surface area contributed by atoms with Gasteiger partial charge in [-0.3, -0.25) is 9.59 Å². The van der Waals surface area contributed by atoms with Gasteiger partial charge in [0.25, 0.3) is 0 Å². The van der Waals surface area contributed by atoms with Crippen LogP contribution in [0.2, 0.25) is 0 Å². The maximum Gasteiger partial charge on any atom is 0.330 e. The van der Waals surface area contributed by atoms with Crippen molar-refractivity contribution in [2.24, 2.45) is 0 Å². The molecule has 0 N–H and O–H groups in total. The van der Waals surface area contributed by atoms with Crippen molar-refractivity contribution < 1.29 is 56.4 Å². The number of hydrogen-bond donors (Lipinski definition) is 0. The third kappa shape index (κ3) is 11.1. The van der Waals surface area contributed by atoms with Gasteiger partial charge in [-0.15, -0.1) is 0 Å². The summed E-state index contributed by atoms with van der Waals surface area (Å²) in [7, 11) is 0. The Labute approximate surface area is 321 Å². The second kappa shape index (κ2) is 20.0. The van der Waals surface area contributed by atoms with E-state index >= 15 is 8.78 Å². The number of ether oxygens (including phenoxy) is 6. The zero-order chi connectivity index (χ0) is 39.9. The molecule has 0 spiro atoms. The quantitative estimate of drug-likeness (QED) is 0.0352. The minimum absolute atomic E-state index is 0.0107. The van der Waals surface area contributed by atoms with Gasteiger partial charge in [-0.1, -0.05) is 86.0 Å². The summed E-state index contributed by atoms with van der Waals surface area (Å²) in [4.78, 5) is 45.5. The molecule has 0 fully saturated rings. The minimum Gasteiger partial charge on any atom is -0.490 e. The van der Waals surface area contributed by atoms with Crippen LogP contribution in [0.15, 0.2) is 122 Å². The SMILES string of the molecule is C=CC(=O)OCCC(=O)OCCOc1ccc(-c2ccc(-c3ccc4c(F)c(-c5ccc(OCCOC(=O)CCOC(=O)C=C)cc5)ccc4c3F)cc2)cc1. The zero-order valence-electron chi connectivity index (χ0n) is 30.3. The van der Waals surface area contributed by atoms with Crippen LogP contribution in [-0.4, -0.2) is 63.5 Å². The highest BCUT2D eigenvalue weighted by Gasteiger charge is 2.16. The third-order valence-corrected chi connectivity index (χ3v) is 8.28. The van der Waals surface area contributed by atoms with Crippen molar-refractivity contribution in [3.05, 3.63) is 134 Å². The largest absolute Gasteiger partial charge is 0.490 e. The average Bonchev–Trinajstić information content (AvgIpc) is 3.22. The smallest absolute Gasteiger partial charge is 0.330 e. The zero-order valence-corrected chi connectivity index (χ0v) is 30.3. The second-order valence-corrected chi connectivity index (χ2v) is 12.0. The summed E-state index contributed by atoms with van der Waals surface area (Å²) in [6.07, 6.45) is 1.86. The molecular weight excluding hydrogens is 726 g/mol. The van der Waals surface area contributed by atoms with Crippen molar-refractivity contribution >= 4 is 34.6 Å². The Morgan fingerprint density at radius 3 is 1.20 bits per heavy atom. The molecule has 0 bridgehead atoms. The van der Waals surface area contributed by atoms with Gasteiger partial charge in [0.1, 0.15) is 62.8 Å². The Bertz CT molecular complexity index is 2180. The van der Waals surface area contributed by atoms with Crippen LogP contribution < -0.4 is 9.47 Å². The Hall–Kier alpha value is -6.82. The standard InChI is InChI=1S/C44H38F2O10/c1-3-39(47)53-23-21-41(49)55-27-25-51-33-13-9-30(10-14-33)29-5-7-31(8-6-29)35-17-19-38-37(43(35)45)20-18-36(44(38)46)32-11-15-34(16-12-32)52-26-28-56-42(50)22-24-54-40(48)4-2/h3-20H,1-2,21-28H2. The van der Waals surface area contributed by atoms with E-state index in [1.54, 1.807) is 72.8 Å². The van der Waals surface area contributed by atoms with Crippen LogP contribution in [-0.2, 0) is 38.1 Å². The molecule has 0 atom stereocenters. The van der Waals surface area contributed by atoms with E-state index in [2.05, 4.69) is 13.2 Å². The Morgan fingerprint density at radius 1 is 0.446 bits per heavy atom. The van der Waals surface area contributed by atoms with Gasteiger partial charge >= 0.3 is 23.9 Å². The van der Waals surface area contributed by atoms with Gasteiger partial charge in [-0.25, -0.2) is 18.4 Å². The van der Waals surface area contributed by atoms with Crippen LogP contribution in [0.5, 0.6) is 11.5 Å². The summed E-state index contributed by atoms with van der Waals surface area (Å²) in [5.41, 5.74) is 3.63. The van der Waals surface area contributed by atoms with E-state index in [0.29, 0.717) is 33.8 Å². The minimum atomic E-state index is -0.621. The van der Waals surface area contributed by atoms with Crippen LogP contribution in [0.4, 0.5) is 8.78 Å². The predicted molar refractivity (Wildman–Crippen MR) is 205 cm³/mol. The summed E-state index contributed by atoms with van der Waals surface area (Å²) >= 11 is 0. The molecule has 56 heavy (non-hydrogen) atoms. The molecule has 0 unspecified atom stereocenters. The Kier molecular flexibility index (Phi) is 14.4. The van der Waals surface area contributed by atoms with E-state index in [0.717, 1.165) is 23.3 Å². The van der Waals surface area contributed by atoms with E-state index in [9.17, 15) is 19.2 Å². The lowest BCUT2D eigenvalue weighted by atomic mass is 9.95. The summed E-state index contributed by atoms with van der Waals surface area (Å²) in [5, 5.41) is 0.300. The van der Waals surface area contributed by atoms with E-state index in [-0.39, 0.29) is 63.3 Å². The molecule has 5 aromatic rings. The van der Waals surface area contributed by atoms with Crippen LogP contribution >= 0.6 is 0 Å².